The van der Waals surface area contributed by atoms with E-state index < -0.39 is 0 Å². The second kappa shape index (κ2) is 8.72. The number of likely N-dealkylation sites (tertiary alicyclic amines) is 1. The van der Waals surface area contributed by atoms with Crippen molar-refractivity contribution >= 4 is 5.91 Å². The molecule has 5 nitrogen and oxygen atoms in total. The summed E-state index contributed by atoms with van der Waals surface area (Å²) in [5.74, 6) is 0.0881. The lowest BCUT2D eigenvalue weighted by atomic mass is 9.89. The van der Waals surface area contributed by atoms with Gasteiger partial charge in [0.1, 0.15) is 0 Å². The van der Waals surface area contributed by atoms with Crippen LogP contribution in [0.1, 0.15) is 61.8 Å². The van der Waals surface area contributed by atoms with Crippen molar-refractivity contribution in [2.45, 2.75) is 70.2 Å². The Morgan fingerprint density at radius 2 is 1.93 bits per heavy atom. The van der Waals surface area contributed by atoms with Crippen molar-refractivity contribution in [1.82, 2.24) is 10.2 Å². The second-order valence-electron chi connectivity index (χ2n) is 8.17. The summed E-state index contributed by atoms with van der Waals surface area (Å²) in [4.78, 5) is 15.0. The number of nitrogens with one attached hydrogen (secondary N) is 1. The van der Waals surface area contributed by atoms with Gasteiger partial charge in [0.15, 0.2) is 6.29 Å². The summed E-state index contributed by atoms with van der Waals surface area (Å²) in [7, 11) is 0. The highest BCUT2D eigenvalue weighted by Crippen LogP contribution is 2.26. The van der Waals surface area contributed by atoms with E-state index in [0.717, 1.165) is 19.4 Å². The fourth-order valence-electron chi connectivity index (χ4n) is 4.70. The molecule has 1 aromatic carbocycles. The first kappa shape index (κ1) is 18.9. The zero-order chi connectivity index (χ0) is 18.6. The number of aryl methyl sites for hydroxylation is 2. The van der Waals surface area contributed by atoms with Crippen LogP contribution >= 0.6 is 0 Å². The molecule has 2 saturated heterocycles. The molecule has 4 rings (SSSR count). The second-order valence-corrected chi connectivity index (χ2v) is 8.17. The standard InChI is InChI=1S/C22H32N2O3/c1-16(18-10-9-17-6-2-3-7-19(17)14-18)23-21(25)15-24-11-5-4-8-20(24)22-26-12-13-27-22/h9-10,14,16,20,22H,2-8,11-13,15H2,1H3,(H,23,25). The Kier molecular flexibility index (Phi) is 6.11. The highest BCUT2D eigenvalue weighted by Gasteiger charge is 2.34. The fraction of sp³-hybridized carbons (Fsp3) is 0.682. The Labute approximate surface area is 162 Å². The molecular weight excluding hydrogens is 340 g/mol. The SMILES string of the molecule is CC(NC(=O)CN1CCCCC1C1OCCO1)c1ccc2c(c1)CCCC2. The third-order valence-corrected chi connectivity index (χ3v) is 6.22. The Bertz CT molecular complexity index is 657. The molecule has 1 amide bonds. The summed E-state index contributed by atoms with van der Waals surface area (Å²) >= 11 is 0. The van der Waals surface area contributed by atoms with E-state index in [1.165, 1.54) is 48.8 Å². The zero-order valence-electron chi connectivity index (χ0n) is 16.4. The van der Waals surface area contributed by atoms with Crippen LogP contribution in [0.25, 0.3) is 0 Å². The van der Waals surface area contributed by atoms with Gasteiger partial charge >= 0.3 is 0 Å². The monoisotopic (exact) mass is 372 g/mol. The van der Waals surface area contributed by atoms with Crippen LogP contribution in [0.2, 0.25) is 0 Å². The van der Waals surface area contributed by atoms with Crippen LogP contribution in [0.3, 0.4) is 0 Å². The molecule has 148 valence electrons. The maximum absolute atomic E-state index is 12.7. The van der Waals surface area contributed by atoms with Crippen molar-refractivity contribution in [3.8, 4) is 0 Å². The van der Waals surface area contributed by atoms with E-state index in [1.54, 1.807) is 0 Å². The summed E-state index contributed by atoms with van der Waals surface area (Å²) in [6, 6.07) is 6.96. The minimum Gasteiger partial charge on any atom is -0.349 e. The van der Waals surface area contributed by atoms with Gasteiger partial charge in [-0.05, 0) is 68.7 Å². The first-order valence-electron chi connectivity index (χ1n) is 10.6. The Balaban J connectivity index is 1.35. The van der Waals surface area contributed by atoms with Crippen molar-refractivity contribution in [2.24, 2.45) is 0 Å². The van der Waals surface area contributed by atoms with E-state index in [1.807, 2.05) is 0 Å². The highest BCUT2D eigenvalue weighted by atomic mass is 16.7. The van der Waals surface area contributed by atoms with Gasteiger partial charge in [0.05, 0.1) is 31.8 Å². The van der Waals surface area contributed by atoms with Gasteiger partial charge in [0.25, 0.3) is 0 Å². The van der Waals surface area contributed by atoms with Crippen LogP contribution in [0.5, 0.6) is 0 Å². The van der Waals surface area contributed by atoms with E-state index in [2.05, 4.69) is 35.3 Å². The lowest BCUT2D eigenvalue weighted by Gasteiger charge is -2.37. The van der Waals surface area contributed by atoms with Crippen molar-refractivity contribution in [3.05, 3.63) is 34.9 Å². The van der Waals surface area contributed by atoms with Crippen LogP contribution < -0.4 is 5.32 Å². The van der Waals surface area contributed by atoms with Gasteiger partial charge in [-0.1, -0.05) is 24.6 Å². The summed E-state index contributed by atoms with van der Waals surface area (Å²) < 4.78 is 11.4. The minimum atomic E-state index is -0.170. The van der Waals surface area contributed by atoms with Gasteiger partial charge < -0.3 is 14.8 Å². The molecule has 5 heteroatoms. The van der Waals surface area contributed by atoms with E-state index in [9.17, 15) is 4.79 Å². The van der Waals surface area contributed by atoms with Crippen LogP contribution in [0.4, 0.5) is 0 Å². The summed E-state index contributed by atoms with van der Waals surface area (Å²) in [6.07, 6.45) is 8.12. The number of carbonyl (C=O) groups is 1. The van der Waals surface area contributed by atoms with Gasteiger partial charge in [0, 0.05) is 0 Å². The first-order valence-corrected chi connectivity index (χ1v) is 10.6. The predicted molar refractivity (Wildman–Crippen MR) is 105 cm³/mol. The molecular formula is C22H32N2O3. The van der Waals surface area contributed by atoms with Crippen LogP contribution in [0.15, 0.2) is 18.2 Å². The molecule has 2 fully saturated rings. The van der Waals surface area contributed by atoms with Gasteiger partial charge in [-0.25, -0.2) is 0 Å². The van der Waals surface area contributed by atoms with Crippen molar-refractivity contribution < 1.29 is 14.3 Å². The number of piperidine rings is 1. The van der Waals surface area contributed by atoms with Gasteiger partial charge in [0.2, 0.25) is 5.91 Å². The van der Waals surface area contributed by atoms with Gasteiger partial charge in [-0.3, -0.25) is 9.69 Å². The molecule has 0 spiro atoms. The lowest BCUT2D eigenvalue weighted by molar-refractivity contribution is -0.131. The molecule has 1 aromatic rings. The first-order chi connectivity index (χ1) is 13.2. The molecule has 27 heavy (non-hydrogen) atoms. The Hall–Kier alpha value is -1.43. The average molecular weight is 373 g/mol. The van der Waals surface area contributed by atoms with Crippen molar-refractivity contribution in [3.63, 3.8) is 0 Å². The molecule has 3 aliphatic rings. The number of nitrogens with zero attached hydrogens (tertiary/aromatic N) is 1. The molecule has 2 heterocycles. The number of hydrogen-bond donors (Lipinski definition) is 1. The molecule has 1 N–H and O–H groups in total. The van der Waals surface area contributed by atoms with Crippen LogP contribution in [0, 0.1) is 0 Å². The Morgan fingerprint density at radius 3 is 2.74 bits per heavy atom. The molecule has 2 atom stereocenters. The summed E-state index contributed by atoms with van der Waals surface area (Å²) in [5.41, 5.74) is 4.16. The highest BCUT2D eigenvalue weighted by molar-refractivity contribution is 5.78. The normalized spacial score (nSPS) is 25.1. The molecule has 0 radical (unpaired) electrons. The largest absolute Gasteiger partial charge is 0.349 e. The zero-order valence-corrected chi connectivity index (χ0v) is 16.4. The maximum Gasteiger partial charge on any atom is 0.234 e. The quantitative estimate of drug-likeness (QED) is 0.863. The number of rotatable bonds is 5. The Morgan fingerprint density at radius 1 is 1.15 bits per heavy atom. The number of carbonyl (C=O) groups excluding carboxylic acids is 1. The number of fused-ring (bicyclic) bond motifs is 1. The number of ether oxygens (including phenoxy) is 2. The third kappa shape index (κ3) is 4.53. The molecule has 0 bridgehead atoms. The number of benzene rings is 1. The lowest BCUT2D eigenvalue weighted by Crippen LogP contribution is -2.51. The molecule has 1 aliphatic carbocycles. The van der Waals surface area contributed by atoms with Crippen LogP contribution in [-0.2, 0) is 27.1 Å². The van der Waals surface area contributed by atoms with E-state index >= 15 is 0 Å². The van der Waals surface area contributed by atoms with Crippen molar-refractivity contribution in [2.75, 3.05) is 26.3 Å². The molecule has 0 aromatic heterocycles. The summed E-state index contributed by atoms with van der Waals surface area (Å²) in [6.45, 7) is 4.77. The third-order valence-electron chi connectivity index (χ3n) is 6.22. The average Bonchev–Trinajstić information content (AvgIpc) is 3.22. The molecule has 2 aliphatic heterocycles. The molecule has 2 unspecified atom stereocenters. The van der Waals surface area contributed by atoms with Gasteiger partial charge in [-0.15, -0.1) is 0 Å². The van der Waals surface area contributed by atoms with E-state index in [4.69, 9.17) is 9.47 Å². The predicted octanol–water partition coefficient (Wildman–Crippen LogP) is 2.97. The number of amides is 1. The van der Waals surface area contributed by atoms with E-state index in [-0.39, 0.29) is 24.3 Å². The minimum absolute atomic E-state index is 0.0342. The van der Waals surface area contributed by atoms with Gasteiger partial charge in [-0.2, -0.15) is 0 Å². The summed E-state index contributed by atoms with van der Waals surface area (Å²) in [5, 5.41) is 3.20. The van der Waals surface area contributed by atoms with Crippen LogP contribution in [-0.4, -0.2) is 49.4 Å². The topological polar surface area (TPSA) is 50.8 Å². The maximum atomic E-state index is 12.7. The smallest absolute Gasteiger partial charge is 0.234 e. The fourth-order valence-corrected chi connectivity index (χ4v) is 4.70. The molecule has 0 saturated carbocycles. The number of hydrogen-bond acceptors (Lipinski definition) is 4. The van der Waals surface area contributed by atoms with Crippen molar-refractivity contribution in [1.29, 1.82) is 0 Å². The van der Waals surface area contributed by atoms with E-state index in [0.29, 0.717) is 19.8 Å².